The third-order valence-corrected chi connectivity index (χ3v) is 3.12. The van der Waals surface area contributed by atoms with Gasteiger partial charge in [0.1, 0.15) is 6.54 Å². The van der Waals surface area contributed by atoms with Gasteiger partial charge in [0, 0.05) is 11.9 Å². The lowest BCUT2D eigenvalue weighted by Crippen LogP contribution is -2.37. The van der Waals surface area contributed by atoms with Gasteiger partial charge in [-0.15, -0.1) is 0 Å². The van der Waals surface area contributed by atoms with Gasteiger partial charge in [-0.3, -0.25) is 14.7 Å². The fourth-order valence-electron chi connectivity index (χ4n) is 2.21. The lowest BCUT2D eigenvalue weighted by Gasteiger charge is -2.21. The SMILES string of the molecule is CCCN(CC(=O)OCC)C(=O)c1cccc2[nH]ncc12. The van der Waals surface area contributed by atoms with Gasteiger partial charge in [-0.1, -0.05) is 13.0 Å². The van der Waals surface area contributed by atoms with Crippen molar-refractivity contribution in [2.45, 2.75) is 20.3 Å². The number of rotatable bonds is 6. The van der Waals surface area contributed by atoms with E-state index >= 15 is 0 Å². The number of nitrogens with one attached hydrogen (secondary N) is 1. The molecule has 2 aromatic rings. The highest BCUT2D eigenvalue weighted by Crippen LogP contribution is 2.18. The minimum absolute atomic E-state index is 0.0330. The largest absolute Gasteiger partial charge is 0.465 e. The van der Waals surface area contributed by atoms with Gasteiger partial charge in [0.2, 0.25) is 0 Å². The lowest BCUT2D eigenvalue weighted by molar-refractivity contribution is -0.143. The van der Waals surface area contributed by atoms with E-state index < -0.39 is 5.97 Å². The van der Waals surface area contributed by atoms with Crippen LogP contribution >= 0.6 is 0 Å². The van der Waals surface area contributed by atoms with Gasteiger partial charge in [0.25, 0.3) is 5.91 Å². The summed E-state index contributed by atoms with van der Waals surface area (Å²) in [5.74, 6) is -0.574. The number of fused-ring (bicyclic) bond motifs is 1. The highest BCUT2D eigenvalue weighted by molar-refractivity contribution is 6.06. The van der Waals surface area contributed by atoms with Crippen molar-refractivity contribution in [1.82, 2.24) is 15.1 Å². The number of esters is 1. The molecule has 0 aliphatic heterocycles. The molecule has 0 spiro atoms. The number of hydrogen-bond donors (Lipinski definition) is 1. The Morgan fingerprint density at radius 1 is 1.33 bits per heavy atom. The summed E-state index contributed by atoms with van der Waals surface area (Å²) in [6.45, 7) is 4.49. The summed E-state index contributed by atoms with van der Waals surface area (Å²) >= 11 is 0. The quantitative estimate of drug-likeness (QED) is 0.825. The molecule has 0 unspecified atom stereocenters. The molecule has 21 heavy (non-hydrogen) atoms. The Morgan fingerprint density at radius 3 is 2.86 bits per heavy atom. The van der Waals surface area contributed by atoms with Crippen LogP contribution in [0.2, 0.25) is 0 Å². The van der Waals surface area contributed by atoms with E-state index in [0.717, 1.165) is 17.3 Å². The Bertz CT molecular complexity index is 636. The summed E-state index contributed by atoms with van der Waals surface area (Å²) in [6.07, 6.45) is 2.39. The maximum atomic E-state index is 12.7. The molecule has 0 radical (unpaired) electrons. The number of nitrogens with zero attached hydrogens (tertiary/aromatic N) is 2. The molecule has 0 aliphatic carbocycles. The molecule has 6 heteroatoms. The zero-order chi connectivity index (χ0) is 15.2. The Morgan fingerprint density at radius 2 is 2.14 bits per heavy atom. The van der Waals surface area contributed by atoms with E-state index in [0.29, 0.717) is 18.7 Å². The molecular weight excluding hydrogens is 270 g/mol. The minimum atomic E-state index is -0.390. The van der Waals surface area contributed by atoms with Crippen LogP contribution in [0.5, 0.6) is 0 Å². The third-order valence-electron chi connectivity index (χ3n) is 3.12. The molecule has 0 saturated carbocycles. The van der Waals surface area contributed by atoms with Crippen molar-refractivity contribution in [1.29, 1.82) is 0 Å². The van der Waals surface area contributed by atoms with Crippen molar-refractivity contribution in [3.63, 3.8) is 0 Å². The van der Waals surface area contributed by atoms with Gasteiger partial charge < -0.3 is 9.64 Å². The second-order valence-corrected chi connectivity index (χ2v) is 4.67. The average Bonchev–Trinajstić information content (AvgIpc) is 2.94. The van der Waals surface area contributed by atoms with E-state index in [-0.39, 0.29) is 12.5 Å². The monoisotopic (exact) mass is 289 g/mol. The molecule has 1 aromatic heterocycles. The van der Waals surface area contributed by atoms with Gasteiger partial charge in [-0.2, -0.15) is 5.10 Å². The second kappa shape index (κ2) is 6.88. The maximum absolute atomic E-state index is 12.7. The van der Waals surface area contributed by atoms with Crippen LogP contribution in [0.4, 0.5) is 0 Å². The minimum Gasteiger partial charge on any atom is -0.465 e. The summed E-state index contributed by atoms with van der Waals surface area (Å²) in [4.78, 5) is 25.8. The van der Waals surface area contributed by atoms with Crippen molar-refractivity contribution < 1.29 is 14.3 Å². The number of H-pyrrole nitrogens is 1. The highest BCUT2D eigenvalue weighted by atomic mass is 16.5. The van der Waals surface area contributed by atoms with Gasteiger partial charge in [0.05, 0.1) is 23.9 Å². The number of carbonyl (C=O) groups excluding carboxylic acids is 2. The fraction of sp³-hybridized carbons (Fsp3) is 0.400. The molecule has 1 amide bonds. The molecule has 0 atom stereocenters. The number of carbonyl (C=O) groups is 2. The Hall–Kier alpha value is -2.37. The van der Waals surface area contributed by atoms with Crippen LogP contribution in [0.15, 0.2) is 24.4 Å². The summed E-state index contributed by atoms with van der Waals surface area (Å²) in [5, 5.41) is 7.54. The predicted molar refractivity (Wildman–Crippen MR) is 78.9 cm³/mol. The van der Waals surface area contributed by atoms with Crippen LogP contribution in [0.3, 0.4) is 0 Å². The van der Waals surface area contributed by atoms with Crippen LogP contribution in [-0.4, -0.2) is 46.7 Å². The van der Waals surface area contributed by atoms with Gasteiger partial charge >= 0.3 is 5.97 Å². The number of hydrogen-bond acceptors (Lipinski definition) is 4. The molecule has 0 bridgehead atoms. The number of amides is 1. The number of benzene rings is 1. The molecule has 1 heterocycles. The van der Waals surface area contributed by atoms with Crippen molar-refractivity contribution in [3.8, 4) is 0 Å². The molecule has 0 fully saturated rings. The summed E-state index contributed by atoms with van der Waals surface area (Å²) < 4.78 is 4.93. The summed E-state index contributed by atoms with van der Waals surface area (Å²) in [5.41, 5.74) is 1.34. The van der Waals surface area contributed by atoms with Gasteiger partial charge in [-0.05, 0) is 25.5 Å². The molecule has 1 N–H and O–H groups in total. The average molecular weight is 289 g/mol. The molecular formula is C15H19N3O3. The van der Waals surface area contributed by atoms with E-state index in [9.17, 15) is 9.59 Å². The normalized spacial score (nSPS) is 10.6. The first-order chi connectivity index (χ1) is 10.2. The molecule has 6 nitrogen and oxygen atoms in total. The first-order valence-corrected chi connectivity index (χ1v) is 7.04. The standard InChI is InChI=1S/C15H19N3O3/c1-3-8-18(10-14(19)21-4-2)15(20)11-6-5-7-13-12(11)9-16-17-13/h5-7,9H,3-4,8,10H2,1-2H3,(H,16,17). The molecule has 2 rings (SSSR count). The Labute approximate surface area is 123 Å². The second-order valence-electron chi connectivity index (χ2n) is 4.67. The van der Waals surface area contributed by atoms with Gasteiger partial charge in [-0.25, -0.2) is 0 Å². The Balaban J connectivity index is 2.25. The van der Waals surface area contributed by atoms with E-state index in [2.05, 4.69) is 10.2 Å². The fourth-order valence-corrected chi connectivity index (χ4v) is 2.21. The molecule has 112 valence electrons. The van der Waals surface area contributed by atoms with Crippen molar-refractivity contribution in [3.05, 3.63) is 30.0 Å². The molecule has 1 aromatic carbocycles. The molecule has 0 saturated heterocycles. The topological polar surface area (TPSA) is 75.3 Å². The number of ether oxygens (including phenoxy) is 1. The Kier molecular flexibility index (Phi) is 4.92. The van der Waals surface area contributed by atoms with Crippen molar-refractivity contribution in [2.24, 2.45) is 0 Å². The lowest BCUT2D eigenvalue weighted by atomic mass is 10.1. The van der Waals surface area contributed by atoms with Crippen LogP contribution < -0.4 is 0 Å². The van der Waals surface area contributed by atoms with E-state index in [1.165, 1.54) is 4.90 Å². The summed E-state index contributed by atoms with van der Waals surface area (Å²) in [6, 6.07) is 5.39. The van der Waals surface area contributed by atoms with Crippen LogP contribution in [0, 0.1) is 0 Å². The number of aromatic nitrogens is 2. The van der Waals surface area contributed by atoms with E-state index in [1.54, 1.807) is 25.3 Å². The zero-order valence-electron chi connectivity index (χ0n) is 12.3. The number of aromatic amines is 1. The first-order valence-electron chi connectivity index (χ1n) is 7.04. The van der Waals surface area contributed by atoms with Crippen molar-refractivity contribution in [2.75, 3.05) is 19.7 Å². The van der Waals surface area contributed by atoms with Crippen molar-refractivity contribution >= 4 is 22.8 Å². The summed E-state index contributed by atoms with van der Waals surface area (Å²) in [7, 11) is 0. The van der Waals surface area contributed by atoms with E-state index in [1.807, 2.05) is 13.0 Å². The van der Waals surface area contributed by atoms with E-state index in [4.69, 9.17) is 4.74 Å². The van der Waals surface area contributed by atoms with Gasteiger partial charge in [0.15, 0.2) is 0 Å². The zero-order valence-corrected chi connectivity index (χ0v) is 12.3. The maximum Gasteiger partial charge on any atom is 0.325 e. The van der Waals surface area contributed by atoms with Crippen LogP contribution in [0.25, 0.3) is 10.9 Å². The van der Waals surface area contributed by atoms with Crippen LogP contribution in [0.1, 0.15) is 30.6 Å². The molecule has 0 aliphatic rings. The predicted octanol–water partition coefficient (Wildman–Crippen LogP) is 1.98. The third kappa shape index (κ3) is 3.39. The smallest absolute Gasteiger partial charge is 0.325 e. The van der Waals surface area contributed by atoms with Crippen LogP contribution in [-0.2, 0) is 9.53 Å². The first kappa shape index (κ1) is 15.0. The highest BCUT2D eigenvalue weighted by Gasteiger charge is 2.20.